The van der Waals surface area contributed by atoms with Crippen molar-refractivity contribution in [3.05, 3.63) is 174 Å². The molecule has 320 valence electrons. The van der Waals surface area contributed by atoms with Gasteiger partial charge in [-0.15, -0.1) is 29.7 Å². The summed E-state index contributed by atoms with van der Waals surface area (Å²) in [5, 5.41) is 2.24. The molecule has 0 aliphatic heterocycles. The van der Waals surface area contributed by atoms with Gasteiger partial charge in [0.15, 0.2) is 0 Å². The molecule has 1 aliphatic carbocycles. The quantitative estimate of drug-likeness (QED) is 0.123. The van der Waals surface area contributed by atoms with Crippen LogP contribution in [0.5, 0.6) is 11.5 Å². The molecule has 0 saturated heterocycles. The molecule has 3 aromatic heterocycles. The zero-order chi connectivity index (χ0) is 43.3. The SMILES string of the molecule is CC(C)(C)c1ccnc(-n2c3[c-]c(Oc4[c-]c(-n5[c-][n+](-c6c(-c7ccc8c(c7)C(C)(C)CC8(C)C)cccc6C(C)(C)C)c6ccccc65)ccc4)ccc3c3ccccc32)c1.[Pt]. The zero-order valence-electron chi connectivity index (χ0n) is 37.9. The van der Waals surface area contributed by atoms with Gasteiger partial charge in [0, 0.05) is 44.3 Å². The molecule has 9 aromatic rings. The van der Waals surface area contributed by atoms with E-state index in [1.54, 1.807) is 0 Å². The number of imidazole rings is 1. The largest absolute Gasteiger partial charge is 0.510 e. The van der Waals surface area contributed by atoms with Crippen LogP contribution in [0.15, 0.2) is 134 Å². The number of rotatable bonds is 6. The molecule has 0 radical (unpaired) electrons. The predicted octanol–water partition coefficient (Wildman–Crippen LogP) is 13.8. The number of fused-ring (bicyclic) bond motifs is 5. The molecule has 5 nitrogen and oxygen atoms in total. The number of nitrogens with zero attached hydrogens (tertiary/aromatic N) is 4. The van der Waals surface area contributed by atoms with E-state index >= 15 is 0 Å². The third kappa shape index (κ3) is 7.33. The fourth-order valence-electron chi connectivity index (χ4n) is 10.1. The minimum absolute atomic E-state index is 0. The maximum Gasteiger partial charge on any atom is 0.268 e. The summed E-state index contributed by atoms with van der Waals surface area (Å²) in [6.07, 6.45) is 6.86. The Hall–Kier alpha value is -5.77. The molecule has 0 amide bonds. The van der Waals surface area contributed by atoms with E-state index < -0.39 is 0 Å². The van der Waals surface area contributed by atoms with E-state index in [2.05, 4.69) is 211 Å². The molecular weight excluding hydrogens is 952 g/mol. The van der Waals surface area contributed by atoms with Crippen molar-refractivity contribution in [1.29, 1.82) is 0 Å². The normalized spacial score (nSPS) is 14.6. The Balaban J connectivity index is 0.00000504. The molecular formula is C57H54N4OPt-2. The monoisotopic (exact) mass is 1010 g/mol. The van der Waals surface area contributed by atoms with Crippen LogP contribution in [-0.2, 0) is 42.7 Å². The van der Waals surface area contributed by atoms with Crippen LogP contribution in [0.1, 0.15) is 97.9 Å². The van der Waals surface area contributed by atoms with Crippen molar-refractivity contribution < 1.29 is 30.4 Å². The van der Waals surface area contributed by atoms with E-state index in [9.17, 15) is 0 Å². The van der Waals surface area contributed by atoms with Gasteiger partial charge >= 0.3 is 0 Å². The number of ether oxygens (including phenoxy) is 1. The Morgan fingerprint density at radius 2 is 1.37 bits per heavy atom. The number of para-hydroxylation sites is 4. The van der Waals surface area contributed by atoms with E-state index in [0.29, 0.717) is 11.5 Å². The molecule has 0 saturated carbocycles. The minimum Gasteiger partial charge on any atom is -0.510 e. The van der Waals surface area contributed by atoms with Gasteiger partial charge in [0.1, 0.15) is 5.82 Å². The van der Waals surface area contributed by atoms with Gasteiger partial charge in [-0.2, -0.15) is 18.2 Å². The summed E-state index contributed by atoms with van der Waals surface area (Å²) in [7, 11) is 0. The predicted molar refractivity (Wildman–Crippen MR) is 253 cm³/mol. The van der Waals surface area contributed by atoms with E-state index in [1.807, 2.05) is 24.4 Å². The van der Waals surface area contributed by atoms with Crippen LogP contribution in [0.3, 0.4) is 0 Å². The van der Waals surface area contributed by atoms with Crippen LogP contribution in [0.2, 0.25) is 0 Å². The van der Waals surface area contributed by atoms with Gasteiger partial charge in [0.05, 0.1) is 16.7 Å². The Morgan fingerprint density at radius 3 is 2.14 bits per heavy atom. The van der Waals surface area contributed by atoms with Crippen molar-refractivity contribution >= 4 is 32.8 Å². The Kier molecular flexibility index (Phi) is 10.3. The first-order chi connectivity index (χ1) is 29.5. The first-order valence-corrected chi connectivity index (χ1v) is 21.9. The van der Waals surface area contributed by atoms with Crippen molar-refractivity contribution in [1.82, 2.24) is 14.1 Å². The molecule has 0 atom stereocenters. The molecule has 10 rings (SSSR count). The van der Waals surface area contributed by atoms with E-state index in [4.69, 9.17) is 9.72 Å². The second kappa shape index (κ2) is 15.2. The van der Waals surface area contributed by atoms with Crippen molar-refractivity contribution in [3.63, 3.8) is 0 Å². The fourth-order valence-corrected chi connectivity index (χ4v) is 10.1. The zero-order valence-corrected chi connectivity index (χ0v) is 40.2. The van der Waals surface area contributed by atoms with Crippen LogP contribution in [-0.4, -0.2) is 14.1 Å². The first kappa shape index (κ1) is 42.5. The second-order valence-electron chi connectivity index (χ2n) is 20.5. The van der Waals surface area contributed by atoms with E-state index in [-0.39, 0.29) is 42.7 Å². The summed E-state index contributed by atoms with van der Waals surface area (Å²) in [5.41, 5.74) is 13.9. The molecule has 0 unspecified atom stereocenters. The Morgan fingerprint density at radius 1 is 0.651 bits per heavy atom. The standard InChI is InChI=1S/C57H54N4O.Pt/c1-54(2,3)38-29-30-58-52(32-38)61-48-22-12-11-19-43(48)44-27-26-41(34-51(44)61)62-40-18-15-17-39(33-40)59-36-60(50-24-14-13-23-49(50)59)53-42(20-16-21-46(53)55(4,5)6)37-25-28-45-47(31-37)57(9,10)35-56(45,7)8;/h11-32H,35H2,1-10H3;/q-2;. The molecule has 0 fully saturated rings. The summed E-state index contributed by atoms with van der Waals surface area (Å²) in [4.78, 5) is 4.86. The van der Waals surface area contributed by atoms with E-state index in [1.165, 1.54) is 33.4 Å². The molecule has 0 bridgehead atoms. The summed E-state index contributed by atoms with van der Waals surface area (Å²) >= 11 is 0. The van der Waals surface area contributed by atoms with Crippen molar-refractivity contribution in [3.8, 4) is 39.8 Å². The van der Waals surface area contributed by atoms with Crippen LogP contribution in [0.25, 0.3) is 61.2 Å². The summed E-state index contributed by atoms with van der Waals surface area (Å²) in [6, 6.07) is 52.6. The average Bonchev–Trinajstić information content (AvgIpc) is 3.84. The maximum atomic E-state index is 6.65. The summed E-state index contributed by atoms with van der Waals surface area (Å²) in [5.74, 6) is 2.04. The van der Waals surface area contributed by atoms with Gasteiger partial charge in [-0.05, 0) is 90.7 Å². The molecule has 0 spiro atoms. The molecule has 63 heavy (non-hydrogen) atoms. The molecule has 6 heteroatoms. The van der Waals surface area contributed by atoms with Crippen LogP contribution >= 0.6 is 0 Å². The van der Waals surface area contributed by atoms with Crippen LogP contribution in [0, 0.1) is 18.5 Å². The minimum atomic E-state index is -0.137. The number of pyridine rings is 1. The van der Waals surface area contributed by atoms with Gasteiger partial charge in [-0.3, -0.25) is 4.57 Å². The van der Waals surface area contributed by atoms with Gasteiger partial charge in [-0.25, -0.2) is 4.98 Å². The molecule has 0 N–H and O–H groups in total. The topological polar surface area (TPSA) is 35.9 Å². The number of benzene rings is 6. The van der Waals surface area contributed by atoms with Gasteiger partial charge in [0.2, 0.25) is 0 Å². The third-order valence-corrected chi connectivity index (χ3v) is 12.9. The number of hydrogen-bond acceptors (Lipinski definition) is 2. The van der Waals surface area contributed by atoms with Crippen molar-refractivity contribution in [2.75, 3.05) is 0 Å². The van der Waals surface area contributed by atoms with Crippen LogP contribution < -0.4 is 9.30 Å². The summed E-state index contributed by atoms with van der Waals surface area (Å²) < 4.78 is 13.2. The van der Waals surface area contributed by atoms with Crippen molar-refractivity contribution in [2.24, 2.45) is 0 Å². The number of aromatic nitrogens is 4. The smallest absolute Gasteiger partial charge is 0.268 e. The number of hydrogen-bond donors (Lipinski definition) is 0. The molecule has 6 aromatic carbocycles. The van der Waals surface area contributed by atoms with Gasteiger partial charge in [0.25, 0.3) is 6.33 Å². The second-order valence-corrected chi connectivity index (χ2v) is 20.5. The molecule has 1 aliphatic rings. The average molecular weight is 1010 g/mol. The fraction of sp³-hybridized carbons (Fsp3) is 0.263. The van der Waals surface area contributed by atoms with Gasteiger partial charge in [-0.1, -0.05) is 154 Å². The summed E-state index contributed by atoms with van der Waals surface area (Å²) in [6.45, 7) is 23.1. The Bertz CT molecular complexity index is 3220. The Labute approximate surface area is 386 Å². The first-order valence-electron chi connectivity index (χ1n) is 21.9. The van der Waals surface area contributed by atoms with Gasteiger partial charge < -0.3 is 13.9 Å². The third-order valence-electron chi connectivity index (χ3n) is 12.9. The molecule has 3 heterocycles. The van der Waals surface area contributed by atoms with Crippen LogP contribution in [0.4, 0.5) is 0 Å². The van der Waals surface area contributed by atoms with Crippen molar-refractivity contribution in [2.45, 2.75) is 97.3 Å². The maximum absolute atomic E-state index is 6.65. The van der Waals surface area contributed by atoms with E-state index in [0.717, 1.165) is 56.5 Å².